The summed E-state index contributed by atoms with van der Waals surface area (Å²) in [5.74, 6) is 0. The first-order valence-electron chi connectivity index (χ1n) is 3.57. The second kappa shape index (κ2) is 3.83. The highest BCUT2D eigenvalue weighted by molar-refractivity contribution is 5.48. The number of alkyl halides is 2. The molecule has 78 valence electrons. The van der Waals surface area contributed by atoms with Crippen molar-refractivity contribution in [1.82, 2.24) is 4.98 Å². The first-order chi connectivity index (χ1) is 6.99. The van der Waals surface area contributed by atoms with Crippen LogP contribution in [-0.4, -0.2) is 9.91 Å². The van der Waals surface area contributed by atoms with Gasteiger partial charge in [0.1, 0.15) is 11.6 Å². The van der Waals surface area contributed by atoms with E-state index < -0.39 is 33.7 Å². The van der Waals surface area contributed by atoms with Crippen molar-refractivity contribution >= 4 is 5.69 Å². The van der Waals surface area contributed by atoms with Gasteiger partial charge < -0.3 is 4.98 Å². The first kappa shape index (κ1) is 10.8. The zero-order valence-corrected chi connectivity index (χ0v) is 7.03. The molecule has 1 heterocycles. The second-order valence-corrected chi connectivity index (χ2v) is 2.46. The smallest absolute Gasteiger partial charge is 0.322 e. The number of rotatable bonds is 2. The number of nitriles is 1. The van der Waals surface area contributed by atoms with Crippen LogP contribution in [0.5, 0.6) is 0 Å². The van der Waals surface area contributed by atoms with Crippen LogP contribution < -0.4 is 5.56 Å². The lowest BCUT2D eigenvalue weighted by molar-refractivity contribution is -0.387. The van der Waals surface area contributed by atoms with Crippen LogP contribution in [0, 0.1) is 21.4 Å². The van der Waals surface area contributed by atoms with E-state index in [0.29, 0.717) is 0 Å². The first-order valence-corrected chi connectivity index (χ1v) is 3.57. The lowest BCUT2D eigenvalue weighted by Gasteiger charge is -2.01. The van der Waals surface area contributed by atoms with Gasteiger partial charge in [0.15, 0.2) is 0 Å². The molecule has 0 fully saturated rings. The maximum Gasteiger partial charge on any atom is 0.344 e. The number of nitrogens with one attached hydrogen (secondary N) is 1. The van der Waals surface area contributed by atoms with Crippen molar-refractivity contribution in [3.63, 3.8) is 0 Å². The summed E-state index contributed by atoms with van der Waals surface area (Å²) in [4.78, 5) is 21.9. The third kappa shape index (κ3) is 1.80. The van der Waals surface area contributed by atoms with E-state index in [4.69, 9.17) is 5.26 Å². The Morgan fingerprint density at radius 2 is 2.20 bits per heavy atom. The van der Waals surface area contributed by atoms with Gasteiger partial charge in [0.25, 0.3) is 6.43 Å². The Balaban J connectivity index is 3.68. The van der Waals surface area contributed by atoms with Gasteiger partial charge in [0.2, 0.25) is 0 Å². The molecule has 0 radical (unpaired) electrons. The topological polar surface area (TPSA) is 99.8 Å². The number of halogens is 2. The van der Waals surface area contributed by atoms with Gasteiger partial charge in [-0.2, -0.15) is 5.26 Å². The highest BCUT2D eigenvalue weighted by Gasteiger charge is 2.29. The van der Waals surface area contributed by atoms with Crippen LogP contribution in [0.15, 0.2) is 11.0 Å². The summed E-state index contributed by atoms with van der Waals surface area (Å²) >= 11 is 0. The minimum Gasteiger partial charge on any atom is -0.322 e. The van der Waals surface area contributed by atoms with Crippen molar-refractivity contribution in [2.45, 2.75) is 6.43 Å². The molecule has 0 spiro atoms. The van der Waals surface area contributed by atoms with Crippen molar-refractivity contribution in [1.29, 1.82) is 5.26 Å². The standard InChI is InChI=1S/C7H3F2N3O3/c8-6(9)4-3(1-10)2-11-7(13)5(4)12(14)15/h2,6H,(H,11,13). The molecular formula is C7H3F2N3O3. The van der Waals surface area contributed by atoms with Crippen molar-refractivity contribution in [2.24, 2.45) is 0 Å². The predicted molar refractivity (Wildman–Crippen MR) is 43.4 cm³/mol. The monoisotopic (exact) mass is 215 g/mol. The minimum absolute atomic E-state index is 0.615. The Morgan fingerprint density at radius 3 is 2.60 bits per heavy atom. The van der Waals surface area contributed by atoms with E-state index >= 15 is 0 Å². The van der Waals surface area contributed by atoms with Gasteiger partial charge in [-0.05, 0) is 0 Å². The van der Waals surface area contributed by atoms with E-state index in [1.807, 2.05) is 4.98 Å². The summed E-state index contributed by atoms with van der Waals surface area (Å²) in [6.07, 6.45) is -2.53. The molecule has 0 aliphatic rings. The summed E-state index contributed by atoms with van der Waals surface area (Å²) in [5, 5.41) is 18.8. The van der Waals surface area contributed by atoms with E-state index in [-0.39, 0.29) is 0 Å². The van der Waals surface area contributed by atoms with Crippen LogP contribution in [0.2, 0.25) is 0 Å². The Kier molecular flexibility index (Phi) is 2.75. The fraction of sp³-hybridized carbons (Fsp3) is 0.143. The van der Waals surface area contributed by atoms with Crippen molar-refractivity contribution in [2.75, 3.05) is 0 Å². The highest BCUT2D eigenvalue weighted by atomic mass is 19.3. The number of hydrogen-bond acceptors (Lipinski definition) is 4. The van der Waals surface area contributed by atoms with Gasteiger partial charge >= 0.3 is 11.2 Å². The van der Waals surface area contributed by atoms with E-state index in [2.05, 4.69) is 0 Å². The van der Waals surface area contributed by atoms with Crippen molar-refractivity contribution in [3.8, 4) is 6.07 Å². The molecule has 0 saturated carbocycles. The maximum absolute atomic E-state index is 12.4. The van der Waals surface area contributed by atoms with Gasteiger partial charge in [-0.1, -0.05) is 0 Å². The largest absolute Gasteiger partial charge is 0.344 e. The summed E-state index contributed by atoms with van der Waals surface area (Å²) in [7, 11) is 0. The molecule has 0 saturated heterocycles. The lowest BCUT2D eigenvalue weighted by atomic mass is 10.1. The van der Waals surface area contributed by atoms with Crippen LogP contribution in [0.4, 0.5) is 14.5 Å². The Labute approximate surface area is 80.9 Å². The number of H-pyrrole nitrogens is 1. The molecular weight excluding hydrogens is 212 g/mol. The molecule has 0 atom stereocenters. The fourth-order valence-corrected chi connectivity index (χ4v) is 1.03. The molecule has 1 rings (SSSR count). The number of hydrogen-bond donors (Lipinski definition) is 1. The van der Waals surface area contributed by atoms with Crippen LogP contribution >= 0.6 is 0 Å². The van der Waals surface area contributed by atoms with E-state index in [0.717, 1.165) is 6.20 Å². The number of pyridine rings is 1. The Bertz CT molecular complexity index is 503. The molecule has 1 aromatic heterocycles. The van der Waals surface area contributed by atoms with Crippen molar-refractivity contribution < 1.29 is 13.7 Å². The molecule has 8 heteroatoms. The normalized spacial score (nSPS) is 10.0. The molecule has 0 bridgehead atoms. The van der Waals surface area contributed by atoms with Gasteiger partial charge in [-0.25, -0.2) is 8.78 Å². The summed E-state index contributed by atoms with van der Waals surface area (Å²) in [6.45, 7) is 0. The molecule has 6 nitrogen and oxygen atoms in total. The zero-order chi connectivity index (χ0) is 11.6. The molecule has 0 unspecified atom stereocenters. The SMILES string of the molecule is N#Cc1c[nH]c(=O)c([N+](=O)[O-])c1C(F)F. The second-order valence-electron chi connectivity index (χ2n) is 2.46. The number of nitro groups is 1. The van der Waals surface area contributed by atoms with Crippen LogP contribution in [-0.2, 0) is 0 Å². The maximum atomic E-state index is 12.4. The number of aromatic nitrogens is 1. The summed E-state index contributed by atoms with van der Waals surface area (Å²) in [5.41, 5.74) is -4.30. The molecule has 1 N–H and O–H groups in total. The highest BCUT2D eigenvalue weighted by Crippen LogP contribution is 2.28. The molecule has 0 aliphatic heterocycles. The molecule has 0 amide bonds. The predicted octanol–water partition coefficient (Wildman–Crippen LogP) is 1.09. The van der Waals surface area contributed by atoms with Crippen molar-refractivity contribution in [3.05, 3.63) is 37.8 Å². The third-order valence-corrected chi connectivity index (χ3v) is 1.63. The third-order valence-electron chi connectivity index (χ3n) is 1.63. The van der Waals surface area contributed by atoms with Gasteiger partial charge in [-0.15, -0.1) is 0 Å². The molecule has 1 aromatic rings. The van der Waals surface area contributed by atoms with E-state index in [1.54, 1.807) is 0 Å². The van der Waals surface area contributed by atoms with E-state index in [9.17, 15) is 23.7 Å². The zero-order valence-electron chi connectivity index (χ0n) is 7.03. The summed E-state index contributed by atoms with van der Waals surface area (Å²) < 4.78 is 24.8. The molecule has 0 aromatic carbocycles. The summed E-state index contributed by atoms with van der Waals surface area (Å²) in [6, 6.07) is 1.34. The Morgan fingerprint density at radius 1 is 1.60 bits per heavy atom. The minimum atomic E-state index is -3.25. The quantitative estimate of drug-likeness (QED) is 0.589. The number of aromatic amines is 1. The molecule has 0 aliphatic carbocycles. The van der Waals surface area contributed by atoms with E-state index in [1.165, 1.54) is 6.07 Å². The molecule has 15 heavy (non-hydrogen) atoms. The number of nitrogens with zero attached hydrogens (tertiary/aromatic N) is 2. The van der Waals surface area contributed by atoms with Gasteiger partial charge in [0, 0.05) is 6.20 Å². The van der Waals surface area contributed by atoms with Crippen LogP contribution in [0.3, 0.4) is 0 Å². The van der Waals surface area contributed by atoms with Crippen LogP contribution in [0.1, 0.15) is 17.6 Å². The van der Waals surface area contributed by atoms with Gasteiger partial charge in [-0.3, -0.25) is 14.9 Å². The van der Waals surface area contributed by atoms with Gasteiger partial charge in [0.05, 0.1) is 10.5 Å². The average Bonchev–Trinajstić information content (AvgIpc) is 2.16. The fourth-order valence-electron chi connectivity index (χ4n) is 1.03. The average molecular weight is 215 g/mol. The lowest BCUT2D eigenvalue weighted by Crippen LogP contribution is -2.15. The Hall–Kier alpha value is -2.30. The van der Waals surface area contributed by atoms with Crippen LogP contribution in [0.25, 0.3) is 0 Å².